The van der Waals surface area contributed by atoms with E-state index in [0.717, 1.165) is 23.7 Å². The summed E-state index contributed by atoms with van der Waals surface area (Å²) in [5, 5.41) is 0. The molecular formula is C21H28. The molecule has 0 N–H and O–H groups in total. The third kappa shape index (κ3) is 2.73. The summed E-state index contributed by atoms with van der Waals surface area (Å²) in [6.45, 7) is 6.88. The Morgan fingerprint density at radius 3 is 2.71 bits per heavy atom. The lowest BCUT2D eigenvalue weighted by Crippen LogP contribution is -2.16. The molecule has 0 saturated heterocycles. The summed E-state index contributed by atoms with van der Waals surface area (Å²) in [6.07, 6.45) is 14.9. The number of aryl methyl sites for hydroxylation is 1. The van der Waals surface area contributed by atoms with Crippen LogP contribution in [0.15, 0.2) is 42.5 Å². The Labute approximate surface area is 130 Å². The van der Waals surface area contributed by atoms with Crippen LogP contribution in [0, 0.1) is 31.6 Å². The first-order valence-corrected chi connectivity index (χ1v) is 8.63. The molecule has 4 unspecified atom stereocenters. The van der Waals surface area contributed by atoms with Crippen LogP contribution in [0.5, 0.6) is 0 Å². The molecule has 3 rings (SSSR count). The number of benzene rings is 1. The summed E-state index contributed by atoms with van der Waals surface area (Å²) in [6, 6.07) is 6.89. The van der Waals surface area contributed by atoms with Gasteiger partial charge in [-0.15, -0.1) is 0 Å². The zero-order valence-corrected chi connectivity index (χ0v) is 13.7. The minimum atomic E-state index is 0.749. The molecule has 1 aromatic carbocycles. The zero-order valence-electron chi connectivity index (χ0n) is 13.7. The number of hydrogen-bond donors (Lipinski definition) is 0. The second kappa shape index (κ2) is 6.22. The van der Waals surface area contributed by atoms with Gasteiger partial charge in [-0.25, -0.2) is 0 Å². The molecule has 1 fully saturated rings. The van der Waals surface area contributed by atoms with Gasteiger partial charge in [-0.2, -0.15) is 0 Å². The second-order valence-corrected chi connectivity index (χ2v) is 6.95. The Balaban J connectivity index is 1.93. The van der Waals surface area contributed by atoms with Crippen LogP contribution in [-0.4, -0.2) is 0 Å². The van der Waals surface area contributed by atoms with Gasteiger partial charge >= 0.3 is 0 Å². The van der Waals surface area contributed by atoms with Crippen molar-refractivity contribution in [3.05, 3.63) is 59.2 Å². The number of fused-ring (bicyclic) bond motifs is 1. The van der Waals surface area contributed by atoms with Crippen molar-refractivity contribution in [2.75, 3.05) is 0 Å². The van der Waals surface area contributed by atoms with Crippen molar-refractivity contribution in [1.82, 2.24) is 0 Å². The molecule has 0 heteroatoms. The van der Waals surface area contributed by atoms with Gasteiger partial charge in [0.25, 0.3) is 0 Å². The van der Waals surface area contributed by atoms with Crippen LogP contribution < -0.4 is 0 Å². The van der Waals surface area contributed by atoms with Gasteiger partial charge in [0, 0.05) is 0 Å². The van der Waals surface area contributed by atoms with Gasteiger partial charge in [-0.05, 0) is 67.1 Å². The van der Waals surface area contributed by atoms with Crippen LogP contribution in [-0.2, 0) is 0 Å². The van der Waals surface area contributed by atoms with Gasteiger partial charge < -0.3 is 0 Å². The van der Waals surface area contributed by atoms with Crippen LogP contribution in [0.4, 0.5) is 0 Å². The maximum Gasteiger partial charge on any atom is -0.0119 e. The third-order valence-electron chi connectivity index (χ3n) is 5.77. The van der Waals surface area contributed by atoms with Gasteiger partial charge in [0.2, 0.25) is 0 Å². The molecule has 0 aromatic heterocycles. The molecule has 0 amide bonds. The molecule has 112 valence electrons. The van der Waals surface area contributed by atoms with E-state index in [9.17, 15) is 0 Å². The van der Waals surface area contributed by atoms with Crippen molar-refractivity contribution >= 4 is 0 Å². The average molecular weight is 280 g/mol. The second-order valence-electron chi connectivity index (χ2n) is 6.95. The highest BCUT2D eigenvalue weighted by Crippen LogP contribution is 2.52. The molecule has 0 heterocycles. The van der Waals surface area contributed by atoms with Crippen LogP contribution in [0.3, 0.4) is 0 Å². The maximum atomic E-state index is 2.48. The van der Waals surface area contributed by atoms with E-state index in [4.69, 9.17) is 0 Å². The molecule has 0 nitrogen and oxygen atoms in total. The highest BCUT2D eigenvalue weighted by Gasteiger charge is 2.41. The van der Waals surface area contributed by atoms with Gasteiger partial charge in [0.1, 0.15) is 0 Å². The first kappa shape index (κ1) is 14.6. The summed E-state index contributed by atoms with van der Waals surface area (Å²) in [4.78, 5) is 0. The number of rotatable bonds is 4. The summed E-state index contributed by atoms with van der Waals surface area (Å²) in [5.74, 6) is 3.11. The average Bonchev–Trinajstić information content (AvgIpc) is 2.86. The predicted molar refractivity (Wildman–Crippen MR) is 91.5 cm³/mol. The van der Waals surface area contributed by atoms with Crippen LogP contribution in [0.25, 0.3) is 0 Å². The Kier molecular flexibility index (Phi) is 4.33. The molecule has 1 aromatic rings. The zero-order chi connectivity index (χ0) is 14.8. The first-order chi connectivity index (χ1) is 10.2. The van der Waals surface area contributed by atoms with Gasteiger partial charge in [-0.1, -0.05) is 62.3 Å². The largest absolute Gasteiger partial charge is 0.0808 e. The number of hydrogen-bond acceptors (Lipinski definition) is 0. The minimum absolute atomic E-state index is 0.749. The van der Waals surface area contributed by atoms with E-state index in [0.29, 0.717) is 0 Å². The Bertz CT molecular complexity index is 549. The molecule has 2 aliphatic rings. The standard InChI is InChI=1S/C21H28/c1-4-5-11-20-19-12-7-6-10-17(19)14-21(20)18-13-8-9-15(2)16(18)3/h6-10,12-13,17,19-21H,4-5,11,14H2,1-3H3. The van der Waals surface area contributed by atoms with E-state index in [1.165, 1.54) is 36.8 Å². The molecular weight excluding hydrogens is 252 g/mol. The third-order valence-corrected chi connectivity index (χ3v) is 5.77. The van der Waals surface area contributed by atoms with Crippen molar-refractivity contribution in [3.63, 3.8) is 0 Å². The fraction of sp³-hybridized carbons (Fsp3) is 0.524. The molecule has 1 saturated carbocycles. The van der Waals surface area contributed by atoms with Crippen LogP contribution >= 0.6 is 0 Å². The van der Waals surface area contributed by atoms with E-state index in [1.54, 1.807) is 5.56 Å². The van der Waals surface area contributed by atoms with Crippen molar-refractivity contribution in [3.8, 4) is 0 Å². The fourth-order valence-electron chi connectivity index (χ4n) is 4.47. The van der Waals surface area contributed by atoms with E-state index >= 15 is 0 Å². The SMILES string of the molecule is CCCCC1C(c2cccc(C)c2C)CC2C=CC=CC21. The molecule has 4 atom stereocenters. The highest BCUT2D eigenvalue weighted by atomic mass is 14.5. The predicted octanol–water partition coefficient (Wildman–Crippen LogP) is 5.96. The van der Waals surface area contributed by atoms with E-state index in [2.05, 4.69) is 63.3 Å². The monoisotopic (exact) mass is 280 g/mol. The van der Waals surface area contributed by atoms with E-state index in [1.807, 2.05) is 0 Å². The Hall–Kier alpha value is -1.30. The topological polar surface area (TPSA) is 0 Å². The molecule has 0 aliphatic heterocycles. The van der Waals surface area contributed by atoms with Gasteiger partial charge in [-0.3, -0.25) is 0 Å². The summed E-state index contributed by atoms with van der Waals surface area (Å²) < 4.78 is 0. The van der Waals surface area contributed by atoms with Crippen LogP contribution in [0.2, 0.25) is 0 Å². The van der Waals surface area contributed by atoms with Crippen molar-refractivity contribution < 1.29 is 0 Å². The lowest BCUT2D eigenvalue weighted by atomic mass is 9.78. The van der Waals surface area contributed by atoms with Crippen molar-refractivity contribution in [2.24, 2.45) is 17.8 Å². The summed E-state index contributed by atoms with van der Waals surface area (Å²) in [5.41, 5.74) is 4.59. The molecule has 0 spiro atoms. The number of allylic oxidation sites excluding steroid dienone is 4. The van der Waals surface area contributed by atoms with Crippen LogP contribution in [0.1, 0.15) is 55.2 Å². The van der Waals surface area contributed by atoms with Crippen molar-refractivity contribution in [1.29, 1.82) is 0 Å². The quantitative estimate of drug-likeness (QED) is 0.638. The molecule has 2 aliphatic carbocycles. The van der Waals surface area contributed by atoms with E-state index < -0.39 is 0 Å². The minimum Gasteiger partial charge on any atom is -0.0808 e. The summed E-state index contributed by atoms with van der Waals surface area (Å²) >= 11 is 0. The fourth-order valence-corrected chi connectivity index (χ4v) is 4.47. The smallest absolute Gasteiger partial charge is 0.0119 e. The lowest BCUT2D eigenvalue weighted by molar-refractivity contribution is 0.359. The maximum absolute atomic E-state index is 2.48. The number of unbranched alkanes of at least 4 members (excludes halogenated alkanes) is 1. The molecule has 0 radical (unpaired) electrons. The van der Waals surface area contributed by atoms with Gasteiger partial charge in [0.05, 0.1) is 0 Å². The van der Waals surface area contributed by atoms with Crippen molar-refractivity contribution in [2.45, 2.75) is 52.4 Å². The molecule has 21 heavy (non-hydrogen) atoms. The lowest BCUT2D eigenvalue weighted by Gasteiger charge is -2.26. The van der Waals surface area contributed by atoms with Gasteiger partial charge in [0.15, 0.2) is 0 Å². The Morgan fingerprint density at radius 2 is 1.90 bits per heavy atom. The summed E-state index contributed by atoms with van der Waals surface area (Å²) in [7, 11) is 0. The highest BCUT2D eigenvalue weighted by molar-refractivity contribution is 5.38. The first-order valence-electron chi connectivity index (χ1n) is 8.63. The molecule has 0 bridgehead atoms. The van der Waals surface area contributed by atoms with E-state index in [-0.39, 0.29) is 0 Å². The Morgan fingerprint density at radius 1 is 1.10 bits per heavy atom. The normalized spacial score (nSPS) is 30.6.